The van der Waals surface area contributed by atoms with Gasteiger partial charge in [0.15, 0.2) is 0 Å². The van der Waals surface area contributed by atoms with Gasteiger partial charge < -0.3 is 9.84 Å². The Morgan fingerprint density at radius 2 is 2.35 bits per heavy atom. The third-order valence-electron chi connectivity index (χ3n) is 2.97. The molecule has 5 heteroatoms. The highest BCUT2D eigenvalue weighted by molar-refractivity contribution is 7.10. The maximum Gasteiger partial charge on any atom is 0.106 e. The largest absolute Gasteiger partial charge is 0.395 e. The van der Waals surface area contributed by atoms with Gasteiger partial charge in [-0.25, -0.2) is 4.98 Å². The Hall–Kier alpha value is -1.30. The van der Waals surface area contributed by atoms with Crippen molar-refractivity contribution >= 4 is 11.3 Å². The van der Waals surface area contributed by atoms with Crippen molar-refractivity contribution in [3.05, 3.63) is 34.9 Å². The normalized spacial score (nSPS) is 17.7. The lowest BCUT2D eigenvalue weighted by Crippen LogP contribution is -2.49. The molecule has 1 aliphatic rings. The lowest BCUT2D eigenvalue weighted by molar-refractivity contribution is -0.0841. The van der Waals surface area contributed by atoms with Gasteiger partial charge in [-0.15, -0.1) is 11.3 Å². The molecule has 0 radical (unpaired) electrons. The van der Waals surface area contributed by atoms with Gasteiger partial charge in [-0.2, -0.15) is 0 Å². The highest BCUT2D eigenvalue weighted by atomic mass is 32.1. The van der Waals surface area contributed by atoms with E-state index in [-0.39, 0.29) is 12.0 Å². The van der Waals surface area contributed by atoms with E-state index in [1.807, 2.05) is 17.5 Å². The van der Waals surface area contributed by atoms with E-state index in [9.17, 15) is 5.11 Å². The molecule has 0 spiro atoms. The van der Waals surface area contributed by atoms with E-state index in [0.29, 0.717) is 13.2 Å². The number of hydrogen-bond acceptors (Lipinski definition) is 5. The van der Waals surface area contributed by atoms with Gasteiger partial charge in [-0.3, -0.25) is 4.98 Å². The number of aromatic nitrogens is 2. The van der Waals surface area contributed by atoms with Gasteiger partial charge in [-0.05, 0) is 12.1 Å². The fraction of sp³-hybridized carbons (Fsp3) is 0.333. The van der Waals surface area contributed by atoms with Crippen molar-refractivity contribution in [1.82, 2.24) is 9.97 Å². The van der Waals surface area contributed by atoms with Crippen LogP contribution in [0.5, 0.6) is 0 Å². The van der Waals surface area contributed by atoms with Crippen LogP contribution in [0.25, 0.3) is 11.3 Å². The van der Waals surface area contributed by atoms with Crippen LogP contribution in [0.4, 0.5) is 0 Å². The van der Waals surface area contributed by atoms with Crippen molar-refractivity contribution in [3.63, 3.8) is 0 Å². The van der Waals surface area contributed by atoms with Crippen molar-refractivity contribution in [2.45, 2.75) is 5.41 Å². The van der Waals surface area contributed by atoms with Gasteiger partial charge in [0.05, 0.1) is 30.9 Å². The number of thiazole rings is 1. The van der Waals surface area contributed by atoms with Gasteiger partial charge in [-0.1, -0.05) is 0 Å². The molecule has 1 saturated heterocycles. The Kier molecular flexibility index (Phi) is 2.66. The number of hydrogen-bond donors (Lipinski definition) is 1. The Morgan fingerprint density at radius 1 is 1.47 bits per heavy atom. The molecule has 2 aromatic rings. The first-order valence-corrected chi connectivity index (χ1v) is 6.27. The average molecular weight is 248 g/mol. The van der Waals surface area contributed by atoms with Crippen molar-refractivity contribution in [2.75, 3.05) is 19.8 Å². The molecular weight excluding hydrogens is 236 g/mol. The van der Waals surface area contributed by atoms with E-state index in [0.717, 1.165) is 16.3 Å². The summed E-state index contributed by atoms with van der Waals surface area (Å²) in [5, 5.41) is 12.4. The molecule has 0 amide bonds. The summed E-state index contributed by atoms with van der Waals surface area (Å²) in [7, 11) is 0. The second-order valence-electron chi connectivity index (χ2n) is 4.21. The SMILES string of the molecule is OCC1(c2nc(-c3cccnc3)cs2)COC1. The van der Waals surface area contributed by atoms with Crippen LogP contribution in [0, 0.1) is 0 Å². The smallest absolute Gasteiger partial charge is 0.106 e. The highest BCUT2D eigenvalue weighted by Gasteiger charge is 2.42. The lowest BCUT2D eigenvalue weighted by Gasteiger charge is -2.37. The molecule has 3 rings (SSSR count). The molecule has 1 aliphatic heterocycles. The van der Waals surface area contributed by atoms with Crippen molar-refractivity contribution in [3.8, 4) is 11.3 Å². The van der Waals surface area contributed by atoms with Crippen LogP contribution in [-0.2, 0) is 10.2 Å². The molecule has 1 N–H and O–H groups in total. The zero-order valence-electron chi connectivity index (χ0n) is 9.17. The third kappa shape index (κ3) is 1.76. The van der Waals surface area contributed by atoms with E-state index in [2.05, 4.69) is 9.97 Å². The first kappa shape index (κ1) is 10.8. The van der Waals surface area contributed by atoms with Gasteiger partial charge in [0.25, 0.3) is 0 Å². The van der Waals surface area contributed by atoms with Crippen molar-refractivity contribution in [2.24, 2.45) is 0 Å². The van der Waals surface area contributed by atoms with Crippen LogP contribution in [0.15, 0.2) is 29.9 Å². The Bertz CT molecular complexity index is 503. The summed E-state index contributed by atoms with van der Waals surface area (Å²) in [6.07, 6.45) is 3.54. The van der Waals surface area contributed by atoms with E-state index in [4.69, 9.17) is 4.74 Å². The summed E-state index contributed by atoms with van der Waals surface area (Å²) in [5.41, 5.74) is 1.65. The molecule has 4 nitrogen and oxygen atoms in total. The second-order valence-corrected chi connectivity index (χ2v) is 5.07. The molecular formula is C12H12N2O2S. The summed E-state index contributed by atoms with van der Waals surface area (Å²) < 4.78 is 5.19. The molecule has 2 aromatic heterocycles. The van der Waals surface area contributed by atoms with E-state index in [1.54, 1.807) is 23.7 Å². The van der Waals surface area contributed by atoms with Crippen LogP contribution >= 0.6 is 11.3 Å². The van der Waals surface area contributed by atoms with E-state index >= 15 is 0 Å². The molecule has 1 fully saturated rings. The van der Waals surface area contributed by atoms with Gasteiger partial charge >= 0.3 is 0 Å². The molecule has 0 aliphatic carbocycles. The standard InChI is InChI=1S/C12H12N2O2S/c15-6-12(7-16-8-12)11-14-10(5-17-11)9-2-1-3-13-4-9/h1-5,15H,6-8H2. The molecule has 0 atom stereocenters. The van der Waals surface area contributed by atoms with Crippen molar-refractivity contribution in [1.29, 1.82) is 0 Å². The summed E-state index contributed by atoms with van der Waals surface area (Å²) in [5.74, 6) is 0. The Morgan fingerprint density at radius 3 is 2.94 bits per heavy atom. The number of nitrogens with zero attached hydrogens (tertiary/aromatic N) is 2. The summed E-state index contributed by atoms with van der Waals surface area (Å²) >= 11 is 1.57. The molecule has 0 aromatic carbocycles. The summed E-state index contributed by atoms with van der Waals surface area (Å²) in [4.78, 5) is 8.66. The maximum atomic E-state index is 9.44. The van der Waals surface area contributed by atoms with Gasteiger partial charge in [0.1, 0.15) is 5.01 Å². The topological polar surface area (TPSA) is 55.2 Å². The highest BCUT2D eigenvalue weighted by Crippen LogP contribution is 2.35. The quantitative estimate of drug-likeness (QED) is 0.893. The molecule has 0 saturated carbocycles. The van der Waals surface area contributed by atoms with Crippen LogP contribution in [0.2, 0.25) is 0 Å². The summed E-state index contributed by atoms with van der Waals surface area (Å²) in [6, 6.07) is 3.87. The van der Waals surface area contributed by atoms with E-state index in [1.165, 1.54) is 0 Å². The molecule has 0 bridgehead atoms. The third-order valence-corrected chi connectivity index (χ3v) is 4.06. The number of pyridine rings is 1. The van der Waals surface area contributed by atoms with Crippen LogP contribution in [0.1, 0.15) is 5.01 Å². The first-order valence-electron chi connectivity index (χ1n) is 5.39. The second kappa shape index (κ2) is 4.18. The number of rotatable bonds is 3. The van der Waals surface area contributed by atoms with Crippen LogP contribution in [0.3, 0.4) is 0 Å². The van der Waals surface area contributed by atoms with Crippen molar-refractivity contribution < 1.29 is 9.84 Å². The fourth-order valence-electron chi connectivity index (χ4n) is 1.80. The lowest BCUT2D eigenvalue weighted by atomic mass is 9.88. The molecule has 17 heavy (non-hydrogen) atoms. The zero-order chi connectivity index (χ0) is 11.7. The van der Waals surface area contributed by atoms with Crippen LogP contribution < -0.4 is 0 Å². The molecule has 3 heterocycles. The first-order chi connectivity index (χ1) is 8.34. The minimum atomic E-state index is -0.273. The van der Waals surface area contributed by atoms with Crippen LogP contribution in [-0.4, -0.2) is 34.9 Å². The Balaban J connectivity index is 1.93. The number of aliphatic hydroxyl groups excluding tert-OH is 1. The van der Waals surface area contributed by atoms with Gasteiger partial charge in [0, 0.05) is 23.3 Å². The number of ether oxygens (including phenoxy) is 1. The zero-order valence-corrected chi connectivity index (χ0v) is 9.98. The summed E-state index contributed by atoms with van der Waals surface area (Å²) in [6.45, 7) is 1.21. The minimum absolute atomic E-state index is 0.0903. The monoisotopic (exact) mass is 248 g/mol. The predicted octanol–water partition coefficient (Wildman–Crippen LogP) is 1.47. The predicted molar refractivity (Wildman–Crippen MR) is 64.9 cm³/mol. The number of aliphatic hydroxyl groups is 1. The molecule has 0 unspecified atom stereocenters. The molecule has 88 valence electrons. The average Bonchev–Trinajstić information content (AvgIpc) is 2.80. The maximum absolute atomic E-state index is 9.44. The van der Waals surface area contributed by atoms with Gasteiger partial charge in [0.2, 0.25) is 0 Å². The fourth-order valence-corrected chi connectivity index (χ4v) is 2.79. The minimum Gasteiger partial charge on any atom is -0.395 e. The van der Waals surface area contributed by atoms with E-state index < -0.39 is 0 Å². The Labute approximate surface area is 103 Å².